The van der Waals surface area contributed by atoms with Gasteiger partial charge >= 0.3 is 0 Å². The molecule has 0 heterocycles. The molecule has 0 fully saturated rings. The monoisotopic (exact) mass is 406 g/mol. The zero-order valence-electron chi connectivity index (χ0n) is 17.7. The van der Waals surface area contributed by atoms with E-state index in [0.717, 1.165) is 18.4 Å². The molecule has 3 atom stereocenters. The van der Waals surface area contributed by atoms with Gasteiger partial charge in [0.1, 0.15) is 6.79 Å². The molecular formula is C22H34N2O5. The summed E-state index contributed by atoms with van der Waals surface area (Å²) in [6.45, 7) is 4.15. The smallest absolute Gasteiger partial charge is 0.246 e. The van der Waals surface area contributed by atoms with Crippen LogP contribution in [-0.2, 0) is 19.1 Å². The number of rotatable bonds is 12. The minimum absolute atomic E-state index is 0.0965. The fourth-order valence-corrected chi connectivity index (χ4v) is 2.93. The van der Waals surface area contributed by atoms with Gasteiger partial charge in [0.05, 0.1) is 18.6 Å². The molecule has 0 bridgehead atoms. The van der Waals surface area contributed by atoms with Gasteiger partial charge in [0.15, 0.2) is 0 Å². The summed E-state index contributed by atoms with van der Waals surface area (Å²) in [5.74, 6) is 4.93. The highest BCUT2D eigenvalue weighted by Crippen LogP contribution is 2.17. The van der Waals surface area contributed by atoms with Crippen LogP contribution in [0.25, 0.3) is 0 Å². The van der Waals surface area contributed by atoms with E-state index in [1.54, 1.807) is 12.4 Å². The Bertz CT molecular complexity index is 633. The molecule has 29 heavy (non-hydrogen) atoms. The standard InChI is InChI=1S/C22H34N2O5/c1-4-5-6-7-8-9-18-10-12-19(13-11-18)22(26)23-20(15-29-16-28-3)14-17(2)21(25)24-27/h10-12,17,19-20,27H,4-7,13-16H2,1-3H3,(H,23,26)(H,24,25)/t17-,19?,20-/m0/s1. The van der Waals surface area contributed by atoms with Crippen LogP contribution >= 0.6 is 0 Å². The number of nitrogens with one attached hydrogen (secondary N) is 2. The Morgan fingerprint density at radius 3 is 2.79 bits per heavy atom. The summed E-state index contributed by atoms with van der Waals surface area (Å²) in [4.78, 5) is 24.2. The van der Waals surface area contributed by atoms with Crippen molar-refractivity contribution in [2.75, 3.05) is 20.5 Å². The summed E-state index contributed by atoms with van der Waals surface area (Å²) < 4.78 is 10.2. The first-order valence-corrected chi connectivity index (χ1v) is 10.2. The Balaban J connectivity index is 2.56. The average Bonchev–Trinajstić information content (AvgIpc) is 2.73. The van der Waals surface area contributed by atoms with E-state index in [2.05, 4.69) is 24.1 Å². The molecule has 7 nitrogen and oxygen atoms in total. The lowest BCUT2D eigenvalue weighted by Crippen LogP contribution is -2.44. The van der Waals surface area contributed by atoms with Crippen LogP contribution in [-0.4, -0.2) is 43.6 Å². The number of unbranched alkanes of at least 4 members (excludes halogenated alkanes) is 3. The lowest BCUT2D eigenvalue weighted by molar-refractivity contribution is -0.134. The molecule has 0 saturated heterocycles. The summed E-state index contributed by atoms with van der Waals surface area (Å²) >= 11 is 0. The molecular weight excluding hydrogens is 372 g/mol. The highest BCUT2D eigenvalue weighted by Gasteiger charge is 2.24. The van der Waals surface area contributed by atoms with Gasteiger partial charge in [-0.2, -0.15) is 0 Å². The molecule has 0 radical (unpaired) electrons. The van der Waals surface area contributed by atoms with Crippen molar-refractivity contribution in [1.29, 1.82) is 0 Å². The normalized spacial score (nSPS) is 17.5. The molecule has 1 rings (SSSR count). The van der Waals surface area contributed by atoms with E-state index in [0.29, 0.717) is 12.8 Å². The summed E-state index contributed by atoms with van der Waals surface area (Å²) in [7, 11) is 1.51. The topological polar surface area (TPSA) is 96.9 Å². The van der Waals surface area contributed by atoms with Crippen LogP contribution in [0.1, 0.15) is 52.4 Å². The van der Waals surface area contributed by atoms with Crippen LogP contribution in [0, 0.1) is 23.7 Å². The Morgan fingerprint density at radius 2 is 2.17 bits per heavy atom. The van der Waals surface area contributed by atoms with E-state index in [9.17, 15) is 9.59 Å². The molecule has 0 aromatic heterocycles. The third-order valence-electron chi connectivity index (χ3n) is 4.64. The molecule has 2 amide bonds. The third-order valence-corrected chi connectivity index (χ3v) is 4.64. The maximum Gasteiger partial charge on any atom is 0.246 e. The maximum atomic E-state index is 12.6. The van der Waals surface area contributed by atoms with Crippen molar-refractivity contribution in [3.63, 3.8) is 0 Å². The zero-order valence-corrected chi connectivity index (χ0v) is 17.7. The van der Waals surface area contributed by atoms with Gasteiger partial charge in [-0.15, -0.1) is 0 Å². The van der Waals surface area contributed by atoms with E-state index in [4.69, 9.17) is 14.7 Å². The highest BCUT2D eigenvalue weighted by molar-refractivity contribution is 5.82. The van der Waals surface area contributed by atoms with Crippen molar-refractivity contribution in [3.8, 4) is 11.8 Å². The van der Waals surface area contributed by atoms with Crippen molar-refractivity contribution in [2.45, 2.75) is 58.4 Å². The maximum absolute atomic E-state index is 12.6. The van der Waals surface area contributed by atoms with Crippen LogP contribution in [0.3, 0.4) is 0 Å². The van der Waals surface area contributed by atoms with Gasteiger partial charge in [-0.25, -0.2) is 5.48 Å². The van der Waals surface area contributed by atoms with Gasteiger partial charge in [-0.1, -0.05) is 56.8 Å². The third kappa shape index (κ3) is 10.3. The number of amides is 2. The molecule has 0 aromatic carbocycles. The lowest BCUT2D eigenvalue weighted by Gasteiger charge is -2.24. The zero-order chi connectivity index (χ0) is 21.5. The van der Waals surface area contributed by atoms with Gasteiger partial charge in [-0.3, -0.25) is 14.8 Å². The summed E-state index contributed by atoms with van der Waals surface area (Å²) in [6.07, 6.45) is 11.0. The summed E-state index contributed by atoms with van der Waals surface area (Å²) in [5.41, 5.74) is 2.58. The van der Waals surface area contributed by atoms with E-state index in [-0.39, 0.29) is 31.3 Å². The molecule has 1 aliphatic rings. The van der Waals surface area contributed by atoms with E-state index in [1.165, 1.54) is 20.0 Å². The number of carbonyl (C=O) groups is 2. The van der Waals surface area contributed by atoms with Gasteiger partial charge in [-0.05, 0) is 19.3 Å². The summed E-state index contributed by atoms with van der Waals surface area (Å²) in [6, 6.07) is -0.373. The first-order chi connectivity index (χ1) is 14.0. The molecule has 0 aromatic rings. The Labute approximate surface area is 173 Å². The van der Waals surface area contributed by atoms with Crippen LogP contribution < -0.4 is 10.8 Å². The molecule has 7 heteroatoms. The second-order valence-electron chi connectivity index (χ2n) is 7.22. The number of hydrogen-bond acceptors (Lipinski definition) is 5. The SMILES string of the molecule is CCCCCC#CC1=CCC(C(=O)N[C@H](COCOC)C[C@H](C)C(=O)NO)C=C1. The molecule has 0 saturated carbocycles. The number of hydrogen-bond donors (Lipinski definition) is 3. The van der Waals surface area contributed by atoms with Crippen LogP contribution in [0.5, 0.6) is 0 Å². The second kappa shape index (κ2) is 14.8. The first kappa shape index (κ1) is 24.9. The van der Waals surface area contributed by atoms with Crippen molar-refractivity contribution in [2.24, 2.45) is 11.8 Å². The van der Waals surface area contributed by atoms with Crippen molar-refractivity contribution >= 4 is 11.8 Å². The Morgan fingerprint density at radius 1 is 1.38 bits per heavy atom. The Hall–Kier alpha value is -2.14. The van der Waals surface area contributed by atoms with Crippen molar-refractivity contribution in [1.82, 2.24) is 10.8 Å². The molecule has 0 aliphatic heterocycles. The quantitative estimate of drug-likeness (QED) is 0.152. The molecule has 0 spiro atoms. The number of carbonyl (C=O) groups excluding carboxylic acids is 2. The van der Waals surface area contributed by atoms with E-state index < -0.39 is 11.8 Å². The summed E-state index contributed by atoms with van der Waals surface area (Å²) in [5, 5.41) is 11.7. The second-order valence-corrected chi connectivity index (χ2v) is 7.22. The van der Waals surface area contributed by atoms with Crippen LogP contribution in [0.15, 0.2) is 23.8 Å². The number of methoxy groups -OCH3 is 1. The average molecular weight is 407 g/mol. The van der Waals surface area contributed by atoms with Crippen molar-refractivity contribution in [3.05, 3.63) is 23.8 Å². The minimum atomic E-state index is -0.501. The van der Waals surface area contributed by atoms with Crippen LogP contribution in [0.4, 0.5) is 0 Å². The van der Waals surface area contributed by atoms with E-state index >= 15 is 0 Å². The predicted octanol–water partition coefficient (Wildman–Crippen LogP) is 2.71. The molecule has 1 aliphatic carbocycles. The number of allylic oxidation sites excluding steroid dienone is 3. The van der Waals surface area contributed by atoms with Crippen LogP contribution in [0.2, 0.25) is 0 Å². The van der Waals surface area contributed by atoms with Gasteiger partial charge in [0, 0.05) is 25.0 Å². The minimum Gasteiger partial charge on any atom is -0.359 e. The molecule has 3 N–H and O–H groups in total. The fourth-order valence-electron chi connectivity index (χ4n) is 2.93. The number of ether oxygens (including phenoxy) is 2. The largest absolute Gasteiger partial charge is 0.359 e. The van der Waals surface area contributed by atoms with Gasteiger partial charge < -0.3 is 14.8 Å². The highest BCUT2D eigenvalue weighted by atomic mass is 16.7. The molecule has 1 unspecified atom stereocenters. The van der Waals surface area contributed by atoms with E-state index in [1.807, 2.05) is 18.2 Å². The molecule has 162 valence electrons. The predicted molar refractivity (Wildman–Crippen MR) is 111 cm³/mol. The fraction of sp³-hybridized carbons (Fsp3) is 0.636. The van der Waals surface area contributed by atoms with Gasteiger partial charge in [0.2, 0.25) is 11.8 Å². The number of hydroxylamine groups is 1. The van der Waals surface area contributed by atoms with Gasteiger partial charge in [0.25, 0.3) is 0 Å². The Kier molecular flexibility index (Phi) is 12.7. The van der Waals surface area contributed by atoms with Crippen molar-refractivity contribution < 1.29 is 24.3 Å². The first-order valence-electron chi connectivity index (χ1n) is 10.2. The lowest BCUT2D eigenvalue weighted by atomic mass is 9.95.